The summed E-state index contributed by atoms with van der Waals surface area (Å²) in [5.74, 6) is 0.576. The fraction of sp³-hybridized carbons (Fsp3) is 0.818. The van der Waals surface area contributed by atoms with Crippen molar-refractivity contribution in [2.45, 2.75) is 58.3 Å². The van der Waals surface area contributed by atoms with Gasteiger partial charge in [-0.3, -0.25) is 0 Å². The second kappa shape index (κ2) is 7.85. The predicted molar refractivity (Wildman–Crippen MR) is 63.7 cm³/mol. The van der Waals surface area contributed by atoms with E-state index in [4.69, 9.17) is 4.42 Å². The van der Waals surface area contributed by atoms with Gasteiger partial charge in [0.25, 0.3) is 4.80 Å². The van der Waals surface area contributed by atoms with E-state index in [2.05, 4.69) is 26.1 Å². The molecule has 0 aliphatic heterocycles. The maximum Gasteiger partial charge on any atom is 0.284 e. The Hall–Kier alpha value is -0.380. The molecule has 0 atom stereocenters. The highest BCUT2D eigenvalue weighted by atomic mass is 79.9. The van der Waals surface area contributed by atoms with Crippen LogP contribution in [0.1, 0.15) is 57.3 Å². The van der Waals surface area contributed by atoms with Crippen molar-refractivity contribution >= 4 is 15.9 Å². The highest BCUT2D eigenvalue weighted by Gasteiger charge is 1.95. The molecule has 0 radical (unpaired) electrons. The van der Waals surface area contributed by atoms with Crippen molar-refractivity contribution in [3.63, 3.8) is 0 Å². The minimum Gasteiger partial charge on any atom is -0.416 e. The molecule has 0 amide bonds. The highest BCUT2D eigenvalue weighted by Crippen LogP contribution is 2.15. The lowest BCUT2D eigenvalue weighted by Crippen LogP contribution is -1.85. The van der Waals surface area contributed by atoms with Gasteiger partial charge in [-0.05, 0) is 0 Å². The van der Waals surface area contributed by atoms with Gasteiger partial charge < -0.3 is 4.42 Å². The first-order valence-corrected chi connectivity index (χ1v) is 6.54. The maximum atomic E-state index is 4.78. The molecule has 0 spiro atoms. The first-order valence-electron chi connectivity index (χ1n) is 5.74. The molecular formula is C11H19BrN2O. The summed E-state index contributed by atoms with van der Waals surface area (Å²) in [6.45, 7) is 1.73. The molecular weight excluding hydrogens is 256 g/mol. The number of hydrogen-bond donors (Lipinski definition) is 0. The minimum absolute atomic E-state index is 0.435. The van der Waals surface area contributed by atoms with Crippen molar-refractivity contribution in [2.75, 3.05) is 0 Å². The van der Waals surface area contributed by atoms with Crippen LogP contribution in [-0.2, 0) is 0 Å². The van der Waals surface area contributed by atoms with Gasteiger partial charge in [-0.2, -0.15) is 0 Å². The van der Waals surface area contributed by atoms with E-state index >= 15 is 0 Å². The van der Waals surface area contributed by atoms with Crippen LogP contribution in [0.2, 0.25) is 0 Å². The topological polar surface area (TPSA) is 38.9 Å². The Labute approximate surface area is 99.8 Å². The molecule has 86 valence electrons. The van der Waals surface area contributed by atoms with Crippen molar-refractivity contribution in [1.29, 1.82) is 0 Å². The lowest BCUT2D eigenvalue weighted by atomic mass is 10.0. The van der Waals surface area contributed by atoms with Gasteiger partial charge in [0.15, 0.2) is 0 Å². The zero-order chi connectivity index (χ0) is 10.9. The van der Waals surface area contributed by atoms with Crippen molar-refractivity contribution < 1.29 is 4.42 Å². The molecule has 1 aliphatic carbocycles. The third-order valence-electron chi connectivity index (χ3n) is 2.50. The molecule has 1 aromatic rings. The lowest BCUT2D eigenvalue weighted by molar-refractivity contribution is 0.494. The second-order valence-electron chi connectivity index (χ2n) is 3.90. The molecule has 4 heteroatoms. The van der Waals surface area contributed by atoms with Gasteiger partial charge in [0.2, 0.25) is 5.89 Å². The van der Waals surface area contributed by atoms with E-state index in [1.54, 1.807) is 6.92 Å². The molecule has 3 nitrogen and oxygen atoms in total. The zero-order valence-corrected chi connectivity index (χ0v) is 10.9. The van der Waals surface area contributed by atoms with Crippen LogP contribution in [0.4, 0.5) is 0 Å². The van der Waals surface area contributed by atoms with Crippen molar-refractivity contribution in [1.82, 2.24) is 10.2 Å². The standard InChI is InChI=1S/C8H16.C3H3BrN2O/c1-2-4-6-8-7-5-3-1;1-2-5-6-3(4)7-2/h1-8H2;1H3. The lowest BCUT2D eigenvalue weighted by Gasteiger charge is -2.05. The van der Waals surface area contributed by atoms with Gasteiger partial charge in [-0.15, -0.1) is 10.2 Å². The Kier molecular flexibility index (Phi) is 6.64. The molecule has 0 bridgehead atoms. The number of halogens is 1. The minimum atomic E-state index is 0.435. The summed E-state index contributed by atoms with van der Waals surface area (Å²) in [7, 11) is 0. The normalized spacial score (nSPS) is 17.2. The van der Waals surface area contributed by atoms with Crippen LogP contribution in [0.5, 0.6) is 0 Å². The molecule has 1 saturated carbocycles. The Bertz CT molecular complexity index is 222. The third kappa shape index (κ3) is 6.66. The molecule has 1 fully saturated rings. The van der Waals surface area contributed by atoms with Crippen LogP contribution < -0.4 is 0 Å². The Morgan fingerprint density at radius 1 is 0.867 bits per heavy atom. The molecule has 2 rings (SSSR count). The van der Waals surface area contributed by atoms with E-state index in [0.29, 0.717) is 10.7 Å². The second-order valence-corrected chi connectivity index (χ2v) is 4.58. The largest absolute Gasteiger partial charge is 0.416 e. The molecule has 0 aromatic carbocycles. The van der Waals surface area contributed by atoms with E-state index < -0.39 is 0 Å². The van der Waals surface area contributed by atoms with E-state index in [0.717, 1.165) is 0 Å². The summed E-state index contributed by atoms with van der Waals surface area (Å²) in [5, 5.41) is 7.07. The summed E-state index contributed by atoms with van der Waals surface area (Å²) >= 11 is 2.99. The molecule has 0 saturated heterocycles. The van der Waals surface area contributed by atoms with E-state index in [1.807, 2.05) is 0 Å². The summed E-state index contributed by atoms with van der Waals surface area (Å²) in [6, 6.07) is 0. The summed E-state index contributed by atoms with van der Waals surface area (Å²) in [4.78, 5) is 0.435. The zero-order valence-electron chi connectivity index (χ0n) is 9.34. The van der Waals surface area contributed by atoms with E-state index in [1.165, 1.54) is 51.4 Å². The third-order valence-corrected chi connectivity index (χ3v) is 2.82. The van der Waals surface area contributed by atoms with Crippen LogP contribution in [-0.4, -0.2) is 10.2 Å². The molecule has 1 aliphatic rings. The first-order chi connectivity index (χ1) is 7.29. The molecule has 1 heterocycles. The Morgan fingerprint density at radius 3 is 1.40 bits per heavy atom. The average molecular weight is 275 g/mol. The Morgan fingerprint density at radius 2 is 1.27 bits per heavy atom. The van der Waals surface area contributed by atoms with Crippen LogP contribution in [0.25, 0.3) is 0 Å². The van der Waals surface area contributed by atoms with Gasteiger partial charge in [-0.25, -0.2) is 0 Å². The summed E-state index contributed by atoms with van der Waals surface area (Å²) in [5.41, 5.74) is 0. The molecule has 0 N–H and O–H groups in total. The number of hydrogen-bond acceptors (Lipinski definition) is 3. The van der Waals surface area contributed by atoms with Gasteiger partial charge in [-0.1, -0.05) is 51.4 Å². The predicted octanol–water partition coefficient (Wildman–Crippen LogP) is 4.26. The number of nitrogens with zero attached hydrogens (tertiary/aromatic N) is 2. The maximum absolute atomic E-state index is 4.78. The average Bonchev–Trinajstić information content (AvgIpc) is 2.49. The monoisotopic (exact) mass is 274 g/mol. The summed E-state index contributed by atoms with van der Waals surface area (Å²) < 4.78 is 4.78. The SMILES string of the molecule is C1CCCCCCC1.Cc1nnc(Br)o1. The highest BCUT2D eigenvalue weighted by molar-refractivity contribution is 9.10. The number of aromatic nitrogens is 2. The fourth-order valence-corrected chi connectivity index (χ4v) is 2.00. The summed E-state index contributed by atoms with van der Waals surface area (Å²) in [6.07, 6.45) is 12.0. The van der Waals surface area contributed by atoms with Gasteiger partial charge in [0, 0.05) is 22.9 Å². The number of aryl methyl sites for hydroxylation is 1. The van der Waals surface area contributed by atoms with Crippen LogP contribution >= 0.6 is 15.9 Å². The van der Waals surface area contributed by atoms with Crippen LogP contribution in [0.15, 0.2) is 9.22 Å². The van der Waals surface area contributed by atoms with Crippen molar-refractivity contribution in [2.24, 2.45) is 0 Å². The van der Waals surface area contributed by atoms with Crippen LogP contribution in [0, 0.1) is 6.92 Å². The molecule has 15 heavy (non-hydrogen) atoms. The van der Waals surface area contributed by atoms with Crippen molar-refractivity contribution in [3.05, 3.63) is 10.7 Å². The van der Waals surface area contributed by atoms with Gasteiger partial charge in [0.05, 0.1) is 0 Å². The quantitative estimate of drug-likeness (QED) is 0.710. The van der Waals surface area contributed by atoms with Gasteiger partial charge >= 0.3 is 0 Å². The number of rotatable bonds is 0. The Balaban J connectivity index is 0.000000151. The van der Waals surface area contributed by atoms with Crippen LogP contribution in [0.3, 0.4) is 0 Å². The molecule has 1 aromatic heterocycles. The molecule has 0 unspecified atom stereocenters. The van der Waals surface area contributed by atoms with E-state index in [-0.39, 0.29) is 0 Å². The smallest absolute Gasteiger partial charge is 0.284 e. The first kappa shape index (κ1) is 12.7. The van der Waals surface area contributed by atoms with E-state index in [9.17, 15) is 0 Å². The van der Waals surface area contributed by atoms with Gasteiger partial charge in [0.1, 0.15) is 0 Å². The fourth-order valence-electron chi connectivity index (χ4n) is 1.69. The van der Waals surface area contributed by atoms with Crippen molar-refractivity contribution in [3.8, 4) is 0 Å².